The van der Waals surface area contributed by atoms with Gasteiger partial charge in [-0.25, -0.2) is 4.39 Å². The van der Waals surface area contributed by atoms with Crippen LogP contribution in [0.4, 0.5) is 4.39 Å². The Balaban J connectivity index is 2.25. The molecule has 0 atom stereocenters. The topological polar surface area (TPSA) is 30.0 Å². The molecule has 6 heteroatoms. The van der Waals surface area contributed by atoms with Gasteiger partial charge in [0.25, 0.3) is 0 Å². The van der Waals surface area contributed by atoms with Gasteiger partial charge in [0.1, 0.15) is 11.5 Å². The van der Waals surface area contributed by atoms with Crippen molar-refractivity contribution in [3.05, 3.63) is 61.0 Å². The van der Waals surface area contributed by atoms with Gasteiger partial charge in [0, 0.05) is 26.0 Å². The monoisotopic (exact) mass is 449 g/mol. The highest BCUT2D eigenvalue weighted by Crippen LogP contribution is 2.22. The number of pyridine rings is 1. The Morgan fingerprint density at radius 2 is 1.84 bits per heavy atom. The lowest BCUT2D eigenvalue weighted by Gasteiger charge is -2.04. The van der Waals surface area contributed by atoms with Crippen LogP contribution in [-0.4, -0.2) is 10.8 Å². The number of benzene rings is 1. The summed E-state index contributed by atoms with van der Waals surface area (Å²) in [6.45, 7) is 0. The van der Waals surface area contributed by atoms with Crippen molar-refractivity contribution in [1.82, 2.24) is 4.98 Å². The molecular weight excluding hydrogens is 445 g/mol. The van der Waals surface area contributed by atoms with Gasteiger partial charge in [0.2, 0.25) is 0 Å². The summed E-state index contributed by atoms with van der Waals surface area (Å²) in [5.41, 5.74) is 0.942. The molecule has 0 aliphatic carbocycles. The van der Waals surface area contributed by atoms with Gasteiger partial charge in [-0.2, -0.15) is 0 Å². The largest absolute Gasteiger partial charge is 0.292 e. The van der Waals surface area contributed by atoms with Crippen LogP contribution < -0.4 is 0 Å². The number of aromatic nitrogens is 1. The Kier molecular flexibility index (Phi) is 4.86. The second-order valence-corrected chi connectivity index (χ2v) is 6.55. The minimum Gasteiger partial charge on any atom is -0.292 e. The lowest BCUT2D eigenvalue weighted by atomic mass is 10.1. The molecule has 1 aromatic carbocycles. The molecule has 98 valence electrons. The maximum atomic E-state index is 13.2. The van der Waals surface area contributed by atoms with E-state index in [1.165, 1.54) is 12.1 Å². The smallest absolute Gasteiger partial charge is 0.186 e. The maximum absolute atomic E-state index is 13.2. The molecule has 2 rings (SSSR count). The summed E-state index contributed by atoms with van der Waals surface area (Å²) in [5, 5.41) is 0. The zero-order valence-electron chi connectivity index (χ0n) is 9.46. The van der Waals surface area contributed by atoms with Crippen LogP contribution in [0.2, 0.25) is 0 Å². The lowest BCUT2D eigenvalue weighted by Crippen LogP contribution is -2.07. The lowest BCUT2D eigenvalue weighted by molar-refractivity contribution is 0.0987. The third kappa shape index (κ3) is 3.94. The zero-order valence-corrected chi connectivity index (χ0v) is 14.2. The van der Waals surface area contributed by atoms with Gasteiger partial charge in [0.05, 0.1) is 0 Å². The minimum absolute atomic E-state index is 0.101. The van der Waals surface area contributed by atoms with Gasteiger partial charge >= 0.3 is 0 Å². The predicted molar refractivity (Wildman–Crippen MR) is 81.8 cm³/mol. The van der Waals surface area contributed by atoms with E-state index in [2.05, 4.69) is 52.8 Å². The summed E-state index contributed by atoms with van der Waals surface area (Å²) in [7, 11) is 0. The molecule has 19 heavy (non-hydrogen) atoms. The van der Waals surface area contributed by atoms with Crippen molar-refractivity contribution in [3.63, 3.8) is 0 Å². The van der Waals surface area contributed by atoms with Crippen molar-refractivity contribution in [2.24, 2.45) is 0 Å². The molecule has 2 nitrogen and oxygen atoms in total. The molecule has 1 heterocycles. The highest BCUT2D eigenvalue weighted by atomic mass is 79.9. The molecule has 0 spiro atoms. The van der Waals surface area contributed by atoms with Gasteiger partial charge in [-0.3, -0.25) is 9.78 Å². The van der Waals surface area contributed by atoms with Gasteiger partial charge in [-0.1, -0.05) is 15.9 Å². The van der Waals surface area contributed by atoms with Gasteiger partial charge in [-0.05, 0) is 61.7 Å². The molecule has 0 aliphatic heterocycles. The molecule has 0 unspecified atom stereocenters. The van der Waals surface area contributed by atoms with Gasteiger partial charge < -0.3 is 0 Å². The Morgan fingerprint density at radius 3 is 2.47 bits per heavy atom. The SMILES string of the molecule is O=C(Cc1cc(F)cc(Br)c1)c1ncc(Br)cc1Br. The van der Waals surface area contributed by atoms with Crippen LogP contribution >= 0.6 is 47.8 Å². The molecule has 0 aliphatic rings. The van der Waals surface area contributed by atoms with Crippen LogP contribution in [0.15, 0.2) is 43.9 Å². The predicted octanol–water partition coefficient (Wildman–Crippen LogP) is 4.93. The first-order valence-electron chi connectivity index (χ1n) is 5.25. The molecule has 0 bridgehead atoms. The Morgan fingerprint density at radius 1 is 1.11 bits per heavy atom. The number of nitrogens with zero attached hydrogens (tertiary/aromatic N) is 1. The van der Waals surface area contributed by atoms with E-state index in [-0.39, 0.29) is 18.0 Å². The van der Waals surface area contributed by atoms with Crippen LogP contribution in [0.5, 0.6) is 0 Å². The summed E-state index contributed by atoms with van der Waals surface area (Å²) in [6, 6.07) is 6.16. The average molecular weight is 452 g/mol. The normalized spacial score (nSPS) is 10.5. The number of hydrogen-bond donors (Lipinski definition) is 0. The van der Waals surface area contributed by atoms with Crippen molar-refractivity contribution < 1.29 is 9.18 Å². The molecule has 0 saturated heterocycles. The highest BCUT2D eigenvalue weighted by molar-refractivity contribution is 9.11. The maximum Gasteiger partial charge on any atom is 0.186 e. The average Bonchev–Trinajstić information content (AvgIpc) is 2.26. The van der Waals surface area contributed by atoms with E-state index in [9.17, 15) is 9.18 Å². The first-order chi connectivity index (χ1) is 8.95. The Labute approximate surface area is 134 Å². The number of Topliss-reactive ketones (excluding diaryl/α,β-unsaturated/α-hetero) is 1. The van der Waals surface area contributed by atoms with Crippen LogP contribution in [0, 0.1) is 5.82 Å². The number of carbonyl (C=O) groups excluding carboxylic acids is 1. The number of rotatable bonds is 3. The van der Waals surface area contributed by atoms with Gasteiger partial charge in [-0.15, -0.1) is 0 Å². The van der Waals surface area contributed by atoms with Crippen LogP contribution in [0.1, 0.15) is 16.1 Å². The first-order valence-corrected chi connectivity index (χ1v) is 7.63. The summed E-state index contributed by atoms with van der Waals surface area (Å²) in [4.78, 5) is 16.2. The van der Waals surface area contributed by atoms with E-state index in [0.29, 0.717) is 20.2 Å². The quantitative estimate of drug-likeness (QED) is 0.619. The van der Waals surface area contributed by atoms with Gasteiger partial charge in [0.15, 0.2) is 5.78 Å². The molecule has 1 aromatic heterocycles. The first kappa shape index (κ1) is 14.8. The fraction of sp³-hybridized carbons (Fsp3) is 0.0769. The molecule has 0 saturated carbocycles. The molecule has 0 amide bonds. The molecule has 0 radical (unpaired) electrons. The van der Waals surface area contributed by atoms with E-state index in [4.69, 9.17) is 0 Å². The van der Waals surface area contributed by atoms with E-state index in [1.807, 2.05) is 0 Å². The summed E-state index contributed by atoms with van der Waals surface area (Å²) < 4.78 is 15.2. The second-order valence-electron chi connectivity index (χ2n) is 3.86. The van der Waals surface area contributed by atoms with E-state index in [0.717, 1.165) is 4.47 Å². The van der Waals surface area contributed by atoms with Crippen molar-refractivity contribution in [3.8, 4) is 0 Å². The molecule has 2 aromatic rings. The zero-order chi connectivity index (χ0) is 14.0. The van der Waals surface area contributed by atoms with Crippen LogP contribution in [-0.2, 0) is 6.42 Å². The fourth-order valence-corrected chi connectivity index (χ4v) is 3.32. The van der Waals surface area contributed by atoms with E-state index < -0.39 is 0 Å². The van der Waals surface area contributed by atoms with Crippen molar-refractivity contribution in [2.75, 3.05) is 0 Å². The van der Waals surface area contributed by atoms with Crippen LogP contribution in [0.25, 0.3) is 0 Å². The highest BCUT2D eigenvalue weighted by Gasteiger charge is 2.13. The fourth-order valence-electron chi connectivity index (χ4n) is 1.60. The van der Waals surface area contributed by atoms with Crippen molar-refractivity contribution in [1.29, 1.82) is 0 Å². The van der Waals surface area contributed by atoms with Crippen molar-refractivity contribution in [2.45, 2.75) is 6.42 Å². The summed E-state index contributed by atoms with van der Waals surface area (Å²) >= 11 is 9.77. The number of halogens is 4. The molecule has 0 N–H and O–H groups in total. The molecular formula is C13H7Br3FNO. The minimum atomic E-state index is -0.375. The third-order valence-electron chi connectivity index (χ3n) is 2.36. The second kappa shape index (κ2) is 6.24. The Hall–Kier alpha value is -0.590. The Bertz CT molecular complexity index is 626. The summed E-state index contributed by atoms with van der Waals surface area (Å²) in [5.74, 6) is -0.545. The number of hydrogen-bond acceptors (Lipinski definition) is 2. The number of carbonyl (C=O) groups is 1. The summed E-state index contributed by atoms with van der Waals surface area (Å²) in [6.07, 6.45) is 1.66. The third-order valence-corrected chi connectivity index (χ3v) is 3.85. The molecule has 0 fully saturated rings. The number of ketones is 1. The standard InChI is InChI=1S/C13H7Br3FNO/c14-8-1-7(2-10(17)4-8)3-12(19)13-11(16)5-9(15)6-18-13/h1-2,4-6H,3H2. The van der Waals surface area contributed by atoms with Crippen molar-refractivity contribution >= 4 is 53.6 Å². The van der Waals surface area contributed by atoms with E-state index >= 15 is 0 Å². The van der Waals surface area contributed by atoms with Crippen LogP contribution in [0.3, 0.4) is 0 Å². The van der Waals surface area contributed by atoms with E-state index in [1.54, 1.807) is 18.3 Å².